The fourth-order valence-electron chi connectivity index (χ4n) is 0.763. The lowest BCUT2D eigenvalue weighted by Gasteiger charge is -2.02. The third-order valence-electron chi connectivity index (χ3n) is 1.28. The molecule has 2 N–H and O–H groups in total. The molecule has 58 valence electrons. The van der Waals surface area contributed by atoms with Gasteiger partial charge >= 0.3 is 0 Å². The van der Waals surface area contributed by atoms with Gasteiger partial charge in [0.25, 0.3) is 0 Å². The monoisotopic (exact) mass is 167 g/mol. The van der Waals surface area contributed by atoms with Gasteiger partial charge in [0.05, 0.1) is 0 Å². The molecule has 0 atom stereocenters. The Bertz CT molecular complexity index is 235. The molecule has 0 fully saturated rings. The van der Waals surface area contributed by atoms with Crippen molar-refractivity contribution < 1.29 is 5.11 Å². The van der Waals surface area contributed by atoms with E-state index in [0.717, 1.165) is 5.56 Å². The molecule has 2 nitrogen and oxygen atoms in total. The van der Waals surface area contributed by atoms with Crippen molar-refractivity contribution in [1.82, 2.24) is 5.32 Å². The van der Waals surface area contributed by atoms with Crippen LogP contribution >= 0.6 is 12.2 Å². The summed E-state index contributed by atoms with van der Waals surface area (Å²) in [7, 11) is 0. The largest absolute Gasteiger partial charge is 0.377 e. The van der Waals surface area contributed by atoms with E-state index in [2.05, 4.69) is 5.32 Å². The van der Waals surface area contributed by atoms with Gasteiger partial charge in [-0.05, 0) is 0 Å². The van der Waals surface area contributed by atoms with Crippen molar-refractivity contribution in [2.75, 3.05) is 6.73 Å². The van der Waals surface area contributed by atoms with E-state index in [-0.39, 0.29) is 6.73 Å². The predicted molar refractivity (Wildman–Crippen MR) is 48.4 cm³/mol. The summed E-state index contributed by atoms with van der Waals surface area (Å²) >= 11 is 4.95. The summed E-state index contributed by atoms with van der Waals surface area (Å²) in [6, 6.07) is 9.52. The van der Waals surface area contributed by atoms with Crippen molar-refractivity contribution >= 4 is 17.2 Å². The Morgan fingerprint density at radius 3 is 2.55 bits per heavy atom. The molecular weight excluding hydrogens is 158 g/mol. The first-order valence-electron chi connectivity index (χ1n) is 3.28. The summed E-state index contributed by atoms with van der Waals surface area (Å²) in [5.41, 5.74) is 0.927. The fraction of sp³-hybridized carbons (Fsp3) is 0.125. The van der Waals surface area contributed by atoms with Crippen LogP contribution in [-0.2, 0) is 0 Å². The summed E-state index contributed by atoms with van der Waals surface area (Å²) < 4.78 is 0. The van der Waals surface area contributed by atoms with Crippen molar-refractivity contribution in [3.63, 3.8) is 0 Å². The highest BCUT2D eigenvalue weighted by Crippen LogP contribution is 1.98. The Kier molecular flexibility index (Phi) is 3.01. The third-order valence-corrected chi connectivity index (χ3v) is 1.66. The van der Waals surface area contributed by atoms with Crippen molar-refractivity contribution in [1.29, 1.82) is 0 Å². The number of nitrogens with one attached hydrogen (secondary N) is 1. The zero-order chi connectivity index (χ0) is 8.10. The molecule has 0 aliphatic heterocycles. The topological polar surface area (TPSA) is 32.3 Å². The third kappa shape index (κ3) is 2.29. The van der Waals surface area contributed by atoms with Crippen LogP contribution in [0.1, 0.15) is 5.56 Å². The van der Waals surface area contributed by atoms with Crippen molar-refractivity contribution in [2.45, 2.75) is 0 Å². The molecule has 0 heterocycles. The molecule has 0 saturated carbocycles. The first kappa shape index (κ1) is 8.17. The molecule has 0 saturated heterocycles. The average Bonchev–Trinajstić information content (AvgIpc) is 2.07. The van der Waals surface area contributed by atoms with E-state index in [1.165, 1.54) is 0 Å². The first-order valence-corrected chi connectivity index (χ1v) is 3.69. The van der Waals surface area contributed by atoms with Gasteiger partial charge in [-0.1, -0.05) is 42.5 Å². The normalized spacial score (nSPS) is 9.18. The van der Waals surface area contributed by atoms with Crippen molar-refractivity contribution in [3.05, 3.63) is 35.9 Å². The van der Waals surface area contributed by atoms with Crippen LogP contribution in [0.3, 0.4) is 0 Å². The van der Waals surface area contributed by atoms with E-state index in [4.69, 9.17) is 17.3 Å². The highest BCUT2D eigenvalue weighted by Gasteiger charge is 1.95. The Morgan fingerprint density at radius 2 is 2.00 bits per heavy atom. The van der Waals surface area contributed by atoms with Gasteiger partial charge < -0.3 is 10.4 Å². The van der Waals surface area contributed by atoms with E-state index in [1.54, 1.807) is 0 Å². The molecule has 0 radical (unpaired) electrons. The van der Waals surface area contributed by atoms with Crippen molar-refractivity contribution in [2.24, 2.45) is 0 Å². The molecule has 3 heteroatoms. The van der Waals surface area contributed by atoms with Crippen LogP contribution in [0.25, 0.3) is 0 Å². The summed E-state index contributed by atoms with van der Waals surface area (Å²) in [5.74, 6) is 0. The maximum absolute atomic E-state index is 8.50. The minimum atomic E-state index is -0.117. The Morgan fingerprint density at radius 1 is 1.36 bits per heavy atom. The molecule has 0 aromatic heterocycles. The van der Waals surface area contributed by atoms with E-state index in [1.807, 2.05) is 30.3 Å². The molecule has 1 rings (SSSR count). The Hall–Kier alpha value is -0.930. The Labute approximate surface area is 70.9 Å². The molecule has 0 amide bonds. The summed E-state index contributed by atoms with van der Waals surface area (Å²) in [6.07, 6.45) is 0. The van der Waals surface area contributed by atoms with Gasteiger partial charge in [0.1, 0.15) is 11.7 Å². The van der Waals surface area contributed by atoms with Gasteiger partial charge in [0, 0.05) is 5.56 Å². The number of aliphatic hydroxyl groups is 1. The standard InChI is InChI=1S/C8H9NOS/c10-6-9-8(11)7-4-2-1-3-5-7/h1-5,10H,6H2,(H,9,11). The van der Waals surface area contributed by atoms with Crippen LogP contribution in [0, 0.1) is 0 Å². The lowest BCUT2D eigenvalue weighted by molar-refractivity contribution is 0.287. The van der Waals surface area contributed by atoms with Gasteiger partial charge in [-0.25, -0.2) is 0 Å². The first-order chi connectivity index (χ1) is 5.34. The predicted octanol–water partition coefficient (Wildman–Crippen LogP) is 0.902. The van der Waals surface area contributed by atoms with Crippen LogP contribution in [-0.4, -0.2) is 16.8 Å². The molecule has 0 aliphatic carbocycles. The highest BCUT2D eigenvalue weighted by molar-refractivity contribution is 7.80. The SMILES string of the molecule is OCNC(=S)c1ccccc1. The lowest BCUT2D eigenvalue weighted by Crippen LogP contribution is -2.22. The minimum absolute atomic E-state index is 0.117. The average molecular weight is 167 g/mol. The molecule has 0 aliphatic rings. The molecule has 0 bridgehead atoms. The number of aliphatic hydroxyl groups excluding tert-OH is 1. The maximum atomic E-state index is 8.50. The number of hydrogen-bond donors (Lipinski definition) is 2. The zero-order valence-corrected chi connectivity index (χ0v) is 6.77. The lowest BCUT2D eigenvalue weighted by atomic mass is 10.2. The van der Waals surface area contributed by atoms with E-state index in [0.29, 0.717) is 4.99 Å². The second kappa shape index (κ2) is 4.05. The Balaban J connectivity index is 2.69. The molecule has 1 aromatic carbocycles. The van der Waals surface area contributed by atoms with Gasteiger partial charge in [-0.2, -0.15) is 0 Å². The summed E-state index contributed by atoms with van der Waals surface area (Å²) in [4.78, 5) is 0.577. The summed E-state index contributed by atoms with van der Waals surface area (Å²) in [5, 5.41) is 11.1. The number of hydrogen-bond acceptors (Lipinski definition) is 2. The van der Waals surface area contributed by atoms with E-state index < -0.39 is 0 Å². The van der Waals surface area contributed by atoms with Crippen molar-refractivity contribution in [3.8, 4) is 0 Å². The van der Waals surface area contributed by atoms with Gasteiger partial charge in [-0.15, -0.1) is 0 Å². The second-order valence-electron chi connectivity index (χ2n) is 2.03. The second-order valence-corrected chi connectivity index (χ2v) is 2.44. The number of thiocarbonyl (C=S) groups is 1. The molecule has 1 aromatic rings. The zero-order valence-electron chi connectivity index (χ0n) is 5.95. The summed E-state index contributed by atoms with van der Waals surface area (Å²) in [6.45, 7) is -0.117. The maximum Gasteiger partial charge on any atom is 0.113 e. The molecule has 0 unspecified atom stereocenters. The van der Waals surface area contributed by atoms with Crippen LogP contribution in [0.4, 0.5) is 0 Å². The van der Waals surface area contributed by atoms with Crippen LogP contribution in [0.5, 0.6) is 0 Å². The minimum Gasteiger partial charge on any atom is -0.377 e. The van der Waals surface area contributed by atoms with Crippen LogP contribution < -0.4 is 5.32 Å². The smallest absolute Gasteiger partial charge is 0.113 e. The quantitative estimate of drug-likeness (QED) is 0.507. The van der Waals surface area contributed by atoms with E-state index in [9.17, 15) is 0 Å². The van der Waals surface area contributed by atoms with Crippen LogP contribution in [0.2, 0.25) is 0 Å². The van der Waals surface area contributed by atoms with Crippen LogP contribution in [0.15, 0.2) is 30.3 Å². The fourth-order valence-corrected chi connectivity index (χ4v) is 0.964. The van der Waals surface area contributed by atoms with Gasteiger partial charge in [-0.3, -0.25) is 0 Å². The number of benzene rings is 1. The molecule has 11 heavy (non-hydrogen) atoms. The molecule has 0 spiro atoms. The van der Waals surface area contributed by atoms with Gasteiger partial charge in [0.2, 0.25) is 0 Å². The highest BCUT2D eigenvalue weighted by atomic mass is 32.1. The molecular formula is C8H9NOS. The van der Waals surface area contributed by atoms with Gasteiger partial charge in [0.15, 0.2) is 0 Å². The van der Waals surface area contributed by atoms with E-state index >= 15 is 0 Å². The number of rotatable bonds is 2.